The first-order chi connectivity index (χ1) is 14.4. The summed E-state index contributed by atoms with van der Waals surface area (Å²) in [5, 5.41) is 10.8. The van der Waals surface area contributed by atoms with Crippen molar-refractivity contribution in [3.05, 3.63) is 66.0 Å². The van der Waals surface area contributed by atoms with Crippen LogP contribution in [0.4, 0.5) is 13.2 Å². The highest BCUT2D eigenvalue weighted by atomic mass is 19.4. The average Bonchev–Trinajstić information content (AvgIpc) is 2.77. The van der Waals surface area contributed by atoms with E-state index in [0.717, 1.165) is 11.5 Å². The van der Waals surface area contributed by atoms with E-state index in [-0.39, 0.29) is 12.5 Å². The number of aromatic nitrogens is 1. The van der Waals surface area contributed by atoms with E-state index in [1.165, 1.54) is 12.3 Å². The number of ether oxygens (including phenoxy) is 1. The van der Waals surface area contributed by atoms with Crippen LogP contribution in [0.15, 0.2) is 54.7 Å². The number of nitrogens with zero attached hydrogens (tertiary/aromatic N) is 2. The number of alkyl halides is 3. The largest absolute Gasteiger partial charge is 0.433 e. The third-order valence-electron chi connectivity index (χ3n) is 5.15. The Kier molecular flexibility index (Phi) is 5.44. The van der Waals surface area contributed by atoms with Crippen molar-refractivity contribution in [1.82, 2.24) is 9.88 Å². The molecule has 0 aliphatic carbocycles. The number of benzene rings is 2. The molecule has 1 fully saturated rings. The lowest BCUT2D eigenvalue weighted by molar-refractivity contribution is -0.141. The lowest BCUT2D eigenvalue weighted by Gasteiger charge is -2.32. The minimum atomic E-state index is -4.50. The van der Waals surface area contributed by atoms with Crippen LogP contribution in [0.1, 0.15) is 16.1 Å². The molecule has 0 saturated carbocycles. The van der Waals surface area contributed by atoms with Gasteiger partial charge >= 0.3 is 6.18 Å². The molecule has 8 heteroatoms. The normalized spacial score (nSPS) is 17.3. The number of aliphatic hydroxyl groups is 1. The van der Waals surface area contributed by atoms with Crippen LogP contribution in [0.25, 0.3) is 21.9 Å². The number of rotatable bonds is 3. The summed E-state index contributed by atoms with van der Waals surface area (Å²) in [7, 11) is 0. The number of fused-ring (bicyclic) bond motifs is 1. The second-order valence-electron chi connectivity index (χ2n) is 7.06. The molecule has 0 radical (unpaired) electrons. The topological polar surface area (TPSA) is 62.7 Å². The number of carbonyl (C=O) groups is 1. The van der Waals surface area contributed by atoms with Gasteiger partial charge in [-0.15, -0.1) is 0 Å². The summed E-state index contributed by atoms with van der Waals surface area (Å²) in [5.74, 6) is -0.176. The lowest BCUT2D eigenvalue weighted by Crippen LogP contribution is -2.46. The van der Waals surface area contributed by atoms with Gasteiger partial charge in [0, 0.05) is 30.4 Å². The molecule has 3 aromatic rings. The van der Waals surface area contributed by atoms with E-state index in [1.54, 1.807) is 29.2 Å². The van der Waals surface area contributed by atoms with Crippen LogP contribution in [-0.2, 0) is 10.9 Å². The fourth-order valence-corrected chi connectivity index (χ4v) is 3.65. The van der Waals surface area contributed by atoms with Crippen molar-refractivity contribution in [3.63, 3.8) is 0 Å². The molecule has 0 unspecified atom stereocenters. The van der Waals surface area contributed by atoms with E-state index >= 15 is 0 Å². The Hall–Kier alpha value is -2.97. The Labute approximate surface area is 170 Å². The molecule has 0 spiro atoms. The van der Waals surface area contributed by atoms with Crippen molar-refractivity contribution in [2.45, 2.75) is 12.3 Å². The van der Waals surface area contributed by atoms with Gasteiger partial charge in [-0.05, 0) is 28.5 Å². The first kappa shape index (κ1) is 20.3. The highest BCUT2D eigenvalue weighted by molar-refractivity contribution is 6.10. The summed E-state index contributed by atoms with van der Waals surface area (Å²) in [6, 6.07) is 13.0. The van der Waals surface area contributed by atoms with E-state index in [0.29, 0.717) is 41.8 Å². The molecule has 1 aliphatic rings. The number of halogens is 3. The summed E-state index contributed by atoms with van der Waals surface area (Å²) in [5.41, 5.74) is 0.768. The zero-order valence-electron chi connectivity index (χ0n) is 15.9. The zero-order chi connectivity index (χ0) is 21.3. The second kappa shape index (κ2) is 8.04. The molecule has 4 rings (SSSR count). The van der Waals surface area contributed by atoms with Gasteiger partial charge < -0.3 is 14.7 Å². The molecule has 1 saturated heterocycles. The predicted molar refractivity (Wildman–Crippen MR) is 105 cm³/mol. The van der Waals surface area contributed by atoms with Gasteiger partial charge in [-0.3, -0.25) is 9.78 Å². The highest BCUT2D eigenvalue weighted by Crippen LogP contribution is 2.33. The molecule has 1 aromatic heterocycles. The van der Waals surface area contributed by atoms with Crippen LogP contribution >= 0.6 is 0 Å². The smallest absolute Gasteiger partial charge is 0.394 e. The van der Waals surface area contributed by atoms with Gasteiger partial charge in [0.15, 0.2) is 0 Å². The molecule has 0 bridgehead atoms. The molecule has 1 atom stereocenters. The molecule has 5 nitrogen and oxygen atoms in total. The average molecular weight is 416 g/mol. The Bertz CT molecular complexity index is 1070. The molecular formula is C22H19F3N2O3. The number of morpholine rings is 1. The Balaban J connectivity index is 1.72. The standard InChI is InChI=1S/C22H19F3N2O3/c23-22(24,25)20-8-7-14(11-26-20)16-3-1-5-18-17(16)4-2-6-19(18)21(29)27-9-10-30-15(12-27)13-28/h1-8,11,15,28H,9-10,12-13H2/t15-/m1/s1. The Morgan fingerprint density at radius 1 is 1.13 bits per heavy atom. The van der Waals surface area contributed by atoms with E-state index in [4.69, 9.17) is 4.74 Å². The van der Waals surface area contributed by atoms with Crippen LogP contribution < -0.4 is 0 Å². The molecular weight excluding hydrogens is 397 g/mol. The summed E-state index contributed by atoms with van der Waals surface area (Å²) in [4.78, 5) is 18.3. The molecule has 156 valence electrons. The van der Waals surface area contributed by atoms with E-state index in [1.807, 2.05) is 12.1 Å². The molecule has 2 heterocycles. The third-order valence-corrected chi connectivity index (χ3v) is 5.15. The van der Waals surface area contributed by atoms with Crippen molar-refractivity contribution >= 4 is 16.7 Å². The first-order valence-corrected chi connectivity index (χ1v) is 9.45. The maximum Gasteiger partial charge on any atom is 0.433 e. The van der Waals surface area contributed by atoms with Crippen molar-refractivity contribution in [3.8, 4) is 11.1 Å². The molecule has 1 aliphatic heterocycles. The SMILES string of the molecule is O=C(c1cccc2c(-c3ccc(C(F)(F)F)nc3)cccc12)N1CCO[C@@H](CO)C1. The van der Waals surface area contributed by atoms with Gasteiger partial charge in [0.05, 0.1) is 19.3 Å². The molecule has 2 aromatic carbocycles. The van der Waals surface area contributed by atoms with Crippen LogP contribution in [0.3, 0.4) is 0 Å². The van der Waals surface area contributed by atoms with Crippen LogP contribution in [-0.4, -0.2) is 53.3 Å². The minimum absolute atomic E-state index is 0.162. The van der Waals surface area contributed by atoms with Crippen LogP contribution in [0, 0.1) is 0 Å². The fraction of sp³-hybridized carbons (Fsp3) is 0.273. The predicted octanol–water partition coefficient (Wildman–Crippen LogP) is 3.75. The van der Waals surface area contributed by atoms with Crippen molar-refractivity contribution in [2.24, 2.45) is 0 Å². The minimum Gasteiger partial charge on any atom is -0.394 e. The van der Waals surface area contributed by atoms with E-state index in [2.05, 4.69) is 4.98 Å². The maximum absolute atomic E-state index is 13.1. The number of amides is 1. The number of hydrogen-bond donors (Lipinski definition) is 1. The van der Waals surface area contributed by atoms with Gasteiger partial charge in [0.2, 0.25) is 0 Å². The lowest BCUT2D eigenvalue weighted by atomic mass is 9.95. The van der Waals surface area contributed by atoms with Crippen LogP contribution in [0.2, 0.25) is 0 Å². The Morgan fingerprint density at radius 3 is 2.60 bits per heavy atom. The zero-order valence-corrected chi connectivity index (χ0v) is 15.9. The summed E-state index contributed by atoms with van der Waals surface area (Å²) < 4.78 is 43.9. The van der Waals surface area contributed by atoms with Crippen molar-refractivity contribution < 1.29 is 27.8 Å². The van der Waals surface area contributed by atoms with Gasteiger partial charge in [-0.25, -0.2) is 0 Å². The van der Waals surface area contributed by atoms with E-state index in [9.17, 15) is 23.1 Å². The van der Waals surface area contributed by atoms with Crippen molar-refractivity contribution in [2.75, 3.05) is 26.3 Å². The van der Waals surface area contributed by atoms with Gasteiger partial charge in [-0.2, -0.15) is 13.2 Å². The maximum atomic E-state index is 13.1. The molecule has 1 amide bonds. The quantitative estimate of drug-likeness (QED) is 0.707. The second-order valence-corrected chi connectivity index (χ2v) is 7.06. The Morgan fingerprint density at radius 2 is 1.90 bits per heavy atom. The number of hydrogen-bond acceptors (Lipinski definition) is 4. The molecule has 1 N–H and O–H groups in total. The third kappa shape index (κ3) is 3.88. The molecule has 30 heavy (non-hydrogen) atoms. The first-order valence-electron chi connectivity index (χ1n) is 9.45. The van der Waals surface area contributed by atoms with Gasteiger partial charge in [-0.1, -0.05) is 36.4 Å². The summed E-state index contributed by atoms with van der Waals surface area (Å²) >= 11 is 0. The van der Waals surface area contributed by atoms with Crippen LogP contribution in [0.5, 0.6) is 0 Å². The summed E-state index contributed by atoms with van der Waals surface area (Å²) in [6.45, 7) is 0.914. The number of pyridine rings is 1. The fourth-order valence-electron chi connectivity index (χ4n) is 3.65. The summed E-state index contributed by atoms with van der Waals surface area (Å²) in [6.07, 6.45) is -3.71. The van der Waals surface area contributed by atoms with Gasteiger partial charge in [0.1, 0.15) is 5.69 Å². The van der Waals surface area contributed by atoms with Crippen molar-refractivity contribution in [1.29, 1.82) is 0 Å². The number of carbonyl (C=O) groups excluding carboxylic acids is 1. The highest BCUT2D eigenvalue weighted by Gasteiger charge is 2.32. The van der Waals surface area contributed by atoms with E-state index < -0.39 is 18.0 Å². The monoisotopic (exact) mass is 416 g/mol. The number of aliphatic hydroxyl groups excluding tert-OH is 1. The van der Waals surface area contributed by atoms with Gasteiger partial charge in [0.25, 0.3) is 5.91 Å².